The number of carbonyl (C=O) groups excluding carboxylic acids is 1. The highest BCUT2D eigenvalue weighted by Gasteiger charge is 2.31. The molecule has 1 aromatic rings. The van der Waals surface area contributed by atoms with Crippen molar-refractivity contribution in [3.05, 3.63) is 11.9 Å². The number of aromatic nitrogens is 3. The van der Waals surface area contributed by atoms with Crippen LogP contribution in [0.1, 0.15) is 23.5 Å². The topological polar surface area (TPSA) is 106 Å². The van der Waals surface area contributed by atoms with Crippen molar-refractivity contribution in [3.8, 4) is 0 Å². The molecule has 8 nitrogen and oxygen atoms in total. The Morgan fingerprint density at radius 3 is 2.94 bits per heavy atom. The van der Waals surface area contributed by atoms with E-state index in [0.717, 1.165) is 0 Å². The minimum absolute atomic E-state index is 0.126. The smallest absolute Gasteiger partial charge is 0.358 e. The van der Waals surface area contributed by atoms with Crippen molar-refractivity contribution in [2.45, 2.75) is 19.0 Å². The lowest BCUT2D eigenvalue weighted by Gasteiger charge is -2.17. The van der Waals surface area contributed by atoms with Crippen LogP contribution in [0.15, 0.2) is 6.20 Å². The second kappa shape index (κ2) is 4.50. The summed E-state index contributed by atoms with van der Waals surface area (Å²) in [4.78, 5) is 21.7. The van der Waals surface area contributed by atoms with Crippen LogP contribution in [0, 0.1) is 0 Å². The number of carbonyl (C=O) groups is 2. The van der Waals surface area contributed by atoms with Crippen molar-refractivity contribution < 1.29 is 19.4 Å². The number of ether oxygens (including phenoxy) is 1. The van der Waals surface area contributed by atoms with Gasteiger partial charge < -0.3 is 15.2 Å². The van der Waals surface area contributed by atoms with Crippen LogP contribution in [0.5, 0.6) is 0 Å². The third kappa shape index (κ3) is 2.41. The Kier molecular flexibility index (Phi) is 3.05. The molecule has 2 rings (SSSR count). The molecule has 1 saturated heterocycles. The first kappa shape index (κ1) is 11.5. The SMILES string of the molecule is CC(=O)N[C@H]1COC[C@H]1n1cc(C(=O)O)nn1. The molecule has 0 unspecified atom stereocenters. The highest BCUT2D eigenvalue weighted by atomic mass is 16.5. The summed E-state index contributed by atoms with van der Waals surface area (Å²) in [5.74, 6) is -1.30. The van der Waals surface area contributed by atoms with Crippen LogP contribution in [0.3, 0.4) is 0 Å². The van der Waals surface area contributed by atoms with Gasteiger partial charge in [-0.25, -0.2) is 9.48 Å². The third-order valence-electron chi connectivity index (χ3n) is 2.51. The van der Waals surface area contributed by atoms with Crippen LogP contribution in [0.4, 0.5) is 0 Å². The molecular formula is C9H12N4O4. The first-order valence-electron chi connectivity index (χ1n) is 5.08. The molecule has 92 valence electrons. The number of hydrogen-bond donors (Lipinski definition) is 2. The molecule has 1 amide bonds. The van der Waals surface area contributed by atoms with E-state index < -0.39 is 5.97 Å². The summed E-state index contributed by atoms with van der Waals surface area (Å²) >= 11 is 0. The van der Waals surface area contributed by atoms with Crippen molar-refractivity contribution in [3.63, 3.8) is 0 Å². The maximum atomic E-state index is 11.0. The van der Waals surface area contributed by atoms with E-state index in [4.69, 9.17) is 9.84 Å². The van der Waals surface area contributed by atoms with Gasteiger partial charge in [0.25, 0.3) is 0 Å². The molecule has 0 bridgehead atoms. The largest absolute Gasteiger partial charge is 0.476 e. The minimum Gasteiger partial charge on any atom is -0.476 e. The molecule has 1 aliphatic heterocycles. The molecule has 0 aromatic carbocycles. The van der Waals surface area contributed by atoms with E-state index in [9.17, 15) is 9.59 Å². The molecule has 0 aliphatic carbocycles. The normalized spacial score (nSPS) is 23.6. The molecule has 17 heavy (non-hydrogen) atoms. The number of carboxylic acids is 1. The average molecular weight is 240 g/mol. The maximum absolute atomic E-state index is 11.0. The van der Waals surface area contributed by atoms with Gasteiger partial charge in [0.2, 0.25) is 5.91 Å². The van der Waals surface area contributed by atoms with Gasteiger partial charge in [-0.15, -0.1) is 5.10 Å². The van der Waals surface area contributed by atoms with Crippen molar-refractivity contribution in [1.82, 2.24) is 20.3 Å². The number of amides is 1. The predicted octanol–water partition coefficient (Wildman–Crippen LogP) is -0.948. The Labute approximate surface area is 96.6 Å². The first-order valence-corrected chi connectivity index (χ1v) is 5.08. The van der Waals surface area contributed by atoms with Crippen molar-refractivity contribution >= 4 is 11.9 Å². The average Bonchev–Trinajstić information content (AvgIpc) is 2.83. The van der Waals surface area contributed by atoms with Crippen molar-refractivity contribution in [1.29, 1.82) is 0 Å². The molecule has 2 atom stereocenters. The summed E-state index contributed by atoms with van der Waals surface area (Å²) in [7, 11) is 0. The zero-order chi connectivity index (χ0) is 12.4. The van der Waals surface area contributed by atoms with Crippen LogP contribution in [0.2, 0.25) is 0 Å². The van der Waals surface area contributed by atoms with E-state index >= 15 is 0 Å². The quantitative estimate of drug-likeness (QED) is 0.705. The zero-order valence-electron chi connectivity index (χ0n) is 9.16. The molecule has 1 aromatic heterocycles. The first-order chi connectivity index (χ1) is 8.08. The monoisotopic (exact) mass is 240 g/mol. The number of rotatable bonds is 3. The number of nitrogens with one attached hydrogen (secondary N) is 1. The lowest BCUT2D eigenvalue weighted by Crippen LogP contribution is -2.39. The van der Waals surface area contributed by atoms with Gasteiger partial charge in [-0.3, -0.25) is 4.79 Å². The van der Waals surface area contributed by atoms with E-state index in [2.05, 4.69) is 15.6 Å². The van der Waals surface area contributed by atoms with Crippen LogP contribution < -0.4 is 5.32 Å². The highest BCUT2D eigenvalue weighted by Crippen LogP contribution is 2.18. The van der Waals surface area contributed by atoms with Crippen LogP contribution >= 0.6 is 0 Å². The molecule has 1 aliphatic rings. The molecule has 2 N–H and O–H groups in total. The van der Waals surface area contributed by atoms with E-state index in [1.807, 2.05) is 0 Å². The van der Waals surface area contributed by atoms with Crippen molar-refractivity contribution in [2.75, 3.05) is 13.2 Å². The number of aromatic carboxylic acids is 1. The standard InChI is InChI=1S/C9H12N4O4/c1-5(14)10-7-3-17-4-8(7)13-2-6(9(15)16)11-12-13/h2,7-8H,3-4H2,1H3,(H,10,14)(H,15,16)/t7-,8+/m0/s1. The van der Waals surface area contributed by atoms with E-state index in [1.54, 1.807) is 0 Å². The lowest BCUT2D eigenvalue weighted by molar-refractivity contribution is -0.119. The molecule has 0 radical (unpaired) electrons. The maximum Gasteiger partial charge on any atom is 0.358 e. The van der Waals surface area contributed by atoms with E-state index in [-0.39, 0.29) is 23.7 Å². The number of hydrogen-bond acceptors (Lipinski definition) is 5. The fourth-order valence-electron chi connectivity index (χ4n) is 1.74. The Balaban J connectivity index is 2.14. The van der Waals surface area contributed by atoms with Gasteiger partial charge in [0.1, 0.15) is 0 Å². The van der Waals surface area contributed by atoms with Crippen LogP contribution in [-0.4, -0.2) is 51.2 Å². The third-order valence-corrected chi connectivity index (χ3v) is 2.51. The molecular weight excluding hydrogens is 228 g/mol. The van der Waals surface area contributed by atoms with Crippen LogP contribution in [0.25, 0.3) is 0 Å². The number of carboxylic acid groups (broad SMARTS) is 1. The van der Waals surface area contributed by atoms with Gasteiger partial charge in [-0.2, -0.15) is 0 Å². The van der Waals surface area contributed by atoms with E-state index in [1.165, 1.54) is 17.8 Å². The second-order valence-corrected chi connectivity index (χ2v) is 3.80. The Bertz CT molecular complexity index is 444. The fraction of sp³-hybridized carbons (Fsp3) is 0.556. The summed E-state index contributed by atoms with van der Waals surface area (Å²) in [5.41, 5.74) is -0.126. The van der Waals surface area contributed by atoms with Gasteiger partial charge >= 0.3 is 5.97 Å². The highest BCUT2D eigenvalue weighted by molar-refractivity contribution is 5.84. The molecule has 8 heteroatoms. The summed E-state index contributed by atoms with van der Waals surface area (Å²) in [6, 6.07) is -0.435. The summed E-state index contributed by atoms with van der Waals surface area (Å²) in [5, 5.41) is 18.7. The zero-order valence-corrected chi connectivity index (χ0v) is 9.16. The van der Waals surface area contributed by atoms with Gasteiger partial charge in [-0.1, -0.05) is 5.21 Å². The van der Waals surface area contributed by atoms with Crippen LogP contribution in [-0.2, 0) is 9.53 Å². The fourth-order valence-corrected chi connectivity index (χ4v) is 1.74. The Morgan fingerprint density at radius 1 is 1.59 bits per heavy atom. The molecule has 1 fully saturated rings. The van der Waals surface area contributed by atoms with Gasteiger partial charge in [0.05, 0.1) is 31.5 Å². The van der Waals surface area contributed by atoms with Gasteiger partial charge in [0, 0.05) is 6.92 Å². The summed E-state index contributed by atoms with van der Waals surface area (Å²) in [6.45, 7) is 2.17. The second-order valence-electron chi connectivity index (χ2n) is 3.80. The minimum atomic E-state index is -1.13. The molecule has 0 spiro atoms. The van der Waals surface area contributed by atoms with Gasteiger partial charge in [-0.05, 0) is 0 Å². The predicted molar refractivity (Wildman–Crippen MR) is 54.4 cm³/mol. The van der Waals surface area contributed by atoms with E-state index in [0.29, 0.717) is 13.2 Å². The summed E-state index contributed by atoms with van der Waals surface area (Å²) < 4.78 is 6.66. The molecule has 0 saturated carbocycles. The molecule has 2 heterocycles. The summed E-state index contributed by atoms with van der Waals surface area (Å²) in [6.07, 6.45) is 1.33. The lowest BCUT2D eigenvalue weighted by atomic mass is 10.2. The van der Waals surface area contributed by atoms with Gasteiger partial charge in [0.15, 0.2) is 5.69 Å². The van der Waals surface area contributed by atoms with Crippen molar-refractivity contribution in [2.24, 2.45) is 0 Å². The number of nitrogens with zero attached hydrogens (tertiary/aromatic N) is 3. The Hall–Kier alpha value is -1.96. The Morgan fingerprint density at radius 2 is 2.35 bits per heavy atom.